The summed E-state index contributed by atoms with van der Waals surface area (Å²) >= 11 is 0. The minimum Gasteiger partial charge on any atom is -0.370 e. The maximum Gasteiger partial charge on any atom is 0.253 e. The number of carbonyl (C=O) groups is 1. The zero-order valence-corrected chi connectivity index (χ0v) is 11.5. The van der Waals surface area contributed by atoms with E-state index < -0.39 is 0 Å². The van der Waals surface area contributed by atoms with Crippen molar-refractivity contribution in [2.24, 2.45) is 0 Å². The number of rotatable bonds is 6. The minimum absolute atomic E-state index is 0.136. The van der Waals surface area contributed by atoms with Crippen molar-refractivity contribution in [3.05, 3.63) is 54.0 Å². The molecule has 0 unspecified atom stereocenters. The number of nitrogens with one attached hydrogen (secondary N) is 2. The van der Waals surface area contributed by atoms with Gasteiger partial charge < -0.3 is 10.6 Å². The van der Waals surface area contributed by atoms with Gasteiger partial charge in [0.15, 0.2) is 0 Å². The number of carbonyl (C=O) groups excluding carboxylic acids is 1. The van der Waals surface area contributed by atoms with Crippen molar-refractivity contribution in [2.45, 2.75) is 19.9 Å². The van der Waals surface area contributed by atoms with Crippen LogP contribution in [0, 0.1) is 0 Å². The number of anilines is 1. The highest BCUT2D eigenvalue weighted by Gasteiger charge is 2.05. The molecule has 20 heavy (non-hydrogen) atoms. The predicted molar refractivity (Wildman–Crippen MR) is 78.4 cm³/mol. The van der Waals surface area contributed by atoms with Crippen LogP contribution in [0.4, 0.5) is 5.82 Å². The third kappa shape index (κ3) is 4.05. The fraction of sp³-hybridized carbons (Fsp3) is 0.267. The van der Waals surface area contributed by atoms with Crippen LogP contribution in [0.15, 0.2) is 42.9 Å². The van der Waals surface area contributed by atoms with Crippen LogP contribution in [0.2, 0.25) is 0 Å². The van der Waals surface area contributed by atoms with E-state index in [2.05, 4.69) is 27.5 Å². The summed E-state index contributed by atoms with van der Waals surface area (Å²) in [7, 11) is 0. The Labute approximate surface area is 118 Å². The van der Waals surface area contributed by atoms with Gasteiger partial charge in [-0.1, -0.05) is 13.0 Å². The van der Waals surface area contributed by atoms with Gasteiger partial charge in [-0.15, -0.1) is 0 Å². The summed E-state index contributed by atoms with van der Waals surface area (Å²) in [6, 6.07) is 7.35. The first-order valence-corrected chi connectivity index (χ1v) is 6.66. The molecule has 0 saturated heterocycles. The molecule has 0 radical (unpaired) electrons. The first kappa shape index (κ1) is 14.0. The molecule has 0 saturated carbocycles. The van der Waals surface area contributed by atoms with Crippen molar-refractivity contribution in [1.82, 2.24) is 15.3 Å². The average molecular weight is 270 g/mol. The molecular weight excluding hydrogens is 252 g/mol. The van der Waals surface area contributed by atoms with E-state index in [4.69, 9.17) is 0 Å². The molecule has 2 N–H and O–H groups in total. The molecule has 5 nitrogen and oxygen atoms in total. The van der Waals surface area contributed by atoms with Crippen LogP contribution in [0.3, 0.4) is 0 Å². The fourth-order valence-corrected chi connectivity index (χ4v) is 1.67. The molecule has 0 aliphatic carbocycles. The number of amides is 1. The predicted octanol–water partition coefficient (Wildman–Crippen LogP) is 2.23. The van der Waals surface area contributed by atoms with E-state index >= 15 is 0 Å². The van der Waals surface area contributed by atoms with Crippen LogP contribution in [-0.2, 0) is 6.54 Å². The highest BCUT2D eigenvalue weighted by Crippen LogP contribution is 2.05. The van der Waals surface area contributed by atoms with Gasteiger partial charge in [-0.3, -0.25) is 9.78 Å². The Morgan fingerprint density at radius 1 is 1.25 bits per heavy atom. The Morgan fingerprint density at radius 2 is 2.15 bits per heavy atom. The SMILES string of the molecule is CCCNc1ccc(C(=O)NCc2cccnc2)cn1. The maximum atomic E-state index is 12.0. The average Bonchev–Trinajstić information content (AvgIpc) is 2.52. The second kappa shape index (κ2) is 7.23. The van der Waals surface area contributed by atoms with Gasteiger partial charge >= 0.3 is 0 Å². The number of pyridine rings is 2. The van der Waals surface area contributed by atoms with E-state index in [0.29, 0.717) is 12.1 Å². The lowest BCUT2D eigenvalue weighted by Gasteiger charge is -2.06. The van der Waals surface area contributed by atoms with E-state index in [1.54, 1.807) is 24.7 Å². The van der Waals surface area contributed by atoms with Gasteiger partial charge in [-0.05, 0) is 30.2 Å². The Kier molecular flexibility index (Phi) is 5.06. The second-order valence-corrected chi connectivity index (χ2v) is 4.40. The van der Waals surface area contributed by atoms with Gasteiger partial charge in [0.2, 0.25) is 0 Å². The molecule has 0 fully saturated rings. The molecular formula is C15H18N4O. The van der Waals surface area contributed by atoms with E-state index in [0.717, 1.165) is 24.3 Å². The molecule has 104 valence electrons. The number of hydrogen-bond donors (Lipinski definition) is 2. The van der Waals surface area contributed by atoms with Crippen molar-refractivity contribution in [3.63, 3.8) is 0 Å². The van der Waals surface area contributed by atoms with E-state index in [1.807, 2.05) is 18.2 Å². The highest BCUT2D eigenvalue weighted by atomic mass is 16.1. The standard InChI is InChI=1S/C15H18N4O/c1-2-7-17-14-6-5-13(11-18-14)15(20)19-10-12-4-3-8-16-9-12/h3-6,8-9,11H,2,7,10H2,1H3,(H,17,18)(H,19,20). The zero-order valence-electron chi connectivity index (χ0n) is 11.5. The Bertz CT molecular complexity index is 540. The Hall–Kier alpha value is -2.43. The quantitative estimate of drug-likeness (QED) is 0.844. The molecule has 1 amide bonds. The van der Waals surface area contributed by atoms with Crippen molar-refractivity contribution >= 4 is 11.7 Å². The zero-order chi connectivity index (χ0) is 14.2. The van der Waals surface area contributed by atoms with Crippen molar-refractivity contribution < 1.29 is 4.79 Å². The fourth-order valence-electron chi connectivity index (χ4n) is 1.67. The summed E-state index contributed by atoms with van der Waals surface area (Å²) in [5, 5.41) is 6.01. The van der Waals surface area contributed by atoms with Gasteiger partial charge in [0.1, 0.15) is 5.82 Å². The number of nitrogens with zero attached hydrogens (tertiary/aromatic N) is 2. The van der Waals surface area contributed by atoms with Gasteiger partial charge in [-0.2, -0.15) is 0 Å². The molecule has 0 aromatic carbocycles. The molecule has 0 aliphatic rings. The second-order valence-electron chi connectivity index (χ2n) is 4.40. The third-order valence-electron chi connectivity index (χ3n) is 2.76. The summed E-state index contributed by atoms with van der Waals surface area (Å²) in [4.78, 5) is 20.2. The van der Waals surface area contributed by atoms with E-state index in [9.17, 15) is 4.79 Å². The number of hydrogen-bond acceptors (Lipinski definition) is 4. The summed E-state index contributed by atoms with van der Waals surface area (Å²) in [6.07, 6.45) is 6.05. The van der Waals surface area contributed by atoms with Crippen LogP contribution in [0.25, 0.3) is 0 Å². The molecule has 0 spiro atoms. The molecule has 2 aromatic rings. The lowest BCUT2D eigenvalue weighted by Crippen LogP contribution is -2.23. The van der Waals surface area contributed by atoms with Gasteiger partial charge in [0, 0.05) is 31.7 Å². The maximum absolute atomic E-state index is 12.0. The number of aromatic nitrogens is 2. The van der Waals surface area contributed by atoms with E-state index in [-0.39, 0.29) is 5.91 Å². The first-order chi connectivity index (χ1) is 9.79. The summed E-state index contributed by atoms with van der Waals surface area (Å²) < 4.78 is 0. The molecule has 0 atom stereocenters. The Balaban J connectivity index is 1.89. The molecule has 5 heteroatoms. The van der Waals surface area contributed by atoms with Crippen molar-refractivity contribution in [2.75, 3.05) is 11.9 Å². The third-order valence-corrected chi connectivity index (χ3v) is 2.76. The van der Waals surface area contributed by atoms with Crippen LogP contribution < -0.4 is 10.6 Å². The lowest BCUT2D eigenvalue weighted by molar-refractivity contribution is 0.0950. The summed E-state index contributed by atoms with van der Waals surface area (Å²) in [5.41, 5.74) is 1.52. The molecule has 2 rings (SSSR count). The van der Waals surface area contributed by atoms with Crippen LogP contribution in [0.1, 0.15) is 29.3 Å². The first-order valence-electron chi connectivity index (χ1n) is 6.66. The largest absolute Gasteiger partial charge is 0.370 e. The molecule has 2 heterocycles. The van der Waals surface area contributed by atoms with Gasteiger partial charge in [-0.25, -0.2) is 4.98 Å². The minimum atomic E-state index is -0.136. The van der Waals surface area contributed by atoms with Crippen LogP contribution >= 0.6 is 0 Å². The lowest BCUT2D eigenvalue weighted by atomic mass is 10.2. The topological polar surface area (TPSA) is 66.9 Å². The van der Waals surface area contributed by atoms with Gasteiger partial charge in [0.25, 0.3) is 5.91 Å². The Morgan fingerprint density at radius 3 is 2.80 bits per heavy atom. The summed E-state index contributed by atoms with van der Waals surface area (Å²) in [6.45, 7) is 3.43. The summed E-state index contributed by atoms with van der Waals surface area (Å²) in [5.74, 6) is 0.652. The van der Waals surface area contributed by atoms with Crippen LogP contribution in [-0.4, -0.2) is 22.4 Å². The van der Waals surface area contributed by atoms with Gasteiger partial charge in [0.05, 0.1) is 5.56 Å². The normalized spacial score (nSPS) is 10.1. The van der Waals surface area contributed by atoms with Crippen molar-refractivity contribution in [1.29, 1.82) is 0 Å². The van der Waals surface area contributed by atoms with Crippen LogP contribution in [0.5, 0.6) is 0 Å². The highest BCUT2D eigenvalue weighted by molar-refractivity contribution is 5.93. The van der Waals surface area contributed by atoms with Crippen molar-refractivity contribution in [3.8, 4) is 0 Å². The molecule has 0 aliphatic heterocycles. The van der Waals surface area contributed by atoms with E-state index in [1.165, 1.54) is 0 Å². The molecule has 0 bridgehead atoms. The monoisotopic (exact) mass is 270 g/mol. The smallest absolute Gasteiger partial charge is 0.253 e. The molecule has 2 aromatic heterocycles.